The third kappa shape index (κ3) is 4.95. The maximum Gasteiger partial charge on any atom is 0.338 e. The second-order valence-electron chi connectivity index (χ2n) is 8.12. The highest BCUT2D eigenvalue weighted by molar-refractivity contribution is 5.98. The summed E-state index contributed by atoms with van der Waals surface area (Å²) in [7, 11) is 0. The van der Waals surface area contributed by atoms with E-state index in [1.807, 2.05) is 62.4 Å². The van der Waals surface area contributed by atoms with E-state index in [1.165, 1.54) is 0 Å². The van der Waals surface area contributed by atoms with Crippen LogP contribution in [-0.4, -0.2) is 34.0 Å². The molecule has 0 fully saturated rings. The first-order valence-electron chi connectivity index (χ1n) is 11.1. The number of amidine groups is 1. The maximum absolute atomic E-state index is 12.2. The Morgan fingerprint density at radius 2 is 1.73 bits per heavy atom. The molecule has 0 aliphatic heterocycles. The van der Waals surface area contributed by atoms with Gasteiger partial charge in [-0.05, 0) is 44.5 Å². The van der Waals surface area contributed by atoms with E-state index in [9.17, 15) is 4.79 Å². The van der Waals surface area contributed by atoms with Gasteiger partial charge in [0.2, 0.25) is 0 Å². The van der Waals surface area contributed by atoms with Crippen molar-refractivity contribution in [2.24, 2.45) is 10.7 Å². The molecule has 4 rings (SSSR count). The van der Waals surface area contributed by atoms with Crippen LogP contribution < -0.4 is 5.73 Å². The van der Waals surface area contributed by atoms with Gasteiger partial charge in [-0.15, -0.1) is 0 Å². The average molecular weight is 441 g/mol. The van der Waals surface area contributed by atoms with Crippen molar-refractivity contribution in [2.75, 3.05) is 6.61 Å². The monoisotopic (exact) mass is 440 g/mol. The van der Waals surface area contributed by atoms with E-state index >= 15 is 0 Å². The van der Waals surface area contributed by atoms with E-state index in [1.54, 1.807) is 19.1 Å². The number of benzene rings is 3. The fraction of sp³-hybridized carbons (Fsp3) is 0.222. The molecule has 1 heterocycles. The van der Waals surface area contributed by atoms with Gasteiger partial charge in [0, 0.05) is 23.7 Å². The van der Waals surface area contributed by atoms with Crippen LogP contribution in [0.3, 0.4) is 0 Å². The minimum absolute atomic E-state index is 0.133. The summed E-state index contributed by atoms with van der Waals surface area (Å²) >= 11 is 0. The van der Waals surface area contributed by atoms with Gasteiger partial charge in [-0.2, -0.15) is 0 Å². The van der Waals surface area contributed by atoms with Crippen molar-refractivity contribution in [2.45, 2.75) is 33.4 Å². The lowest BCUT2D eigenvalue weighted by Gasteiger charge is -2.11. The molecule has 1 aromatic heterocycles. The number of rotatable bonds is 7. The van der Waals surface area contributed by atoms with Gasteiger partial charge < -0.3 is 15.0 Å². The van der Waals surface area contributed by atoms with Gasteiger partial charge in [-0.3, -0.25) is 4.99 Å². The Labute approximate surface area is 193 Å². The molecule has 0 saturated carbocycles. The summed E-state index contributed by atoms with van der Waals surface area (Å²) < 4.78 is 7.33. The number of aromatic nitrogens is 2. The fourth-order valence-corrected chi connectivity index (χ4v) is 3.76. The molecule has 0 unspecified atom stereocenters. The van der Waals surface area contributed by atoms with E-state index in [-0.39, 0.29) is 12.0 Å². The number of imidazole rings is 1. The molecule has 0 amide bonds. The third-order valence-corrected chi connectivity index (χ3v) is 5.28. The highest BCUT2D eigenvalue weighted by Gasteiger charge is 2.16. The molecule has 0 aliphatic rings. The van der Waals surface area contributed by atoms with Gasteiger partial charge in [0.15, 0.2) is 0 Å². The van der Waals surface area contributed by atoms with Gasteiger partial charge in [0.25, 0.3) is 0 Å². The summed E-state index contributed by atoms with van der Waals surface area (Å²) in [6.45, 7) is 6.78. The Morgan fingerprint density at radius 3 is 2.39 bits per heavy atom. The molecule has 168 valence electrons. The van der Waals surface area contributed by atoms with Crippen molar-refractivity contribution in [3.8, 4) is 11.4 Å². The molecule has 0 aliphatic carbocycles. The van der Waals surface area contributed by atoms with Crippen LogP contribution >= 0.6 is 0 Å². The quantitative estimate of drug-likeness (QED) is 0.248. The number of nitrogens with two attached hydrogens (primary N) is 1. The van der Waals surface area contributed by atoms with Crippen LogP contribution in [0, 0.1) is 0 Å². The van der Waals surface area contributed by atoms with E-state index in [0.717, 1.165) is 33.5 Å². The summed E-state index contributed by atoms with van der Waals surface area (Å²) in [5.41, 5.74) is 11.3. The third-order valence-electron chi connectivity index (χ3n) is 5.28. The predicted molar refractivity (Wildman–Crippen MR) is 133 cm³/mol. The van der Waals surface area contributed by atoms with Crippen molar-refractivity contribution >= 4 is 22.8 Å². The first kappa shape index (κ1) is 22.3. The van der Waals surface area contributed by atoms with Crippen LogP contribution in [0.5, 0.6) is 0 Å². The van der Waals surface area contributed by atoms with Gasteiger partial charge in [-0.25, -0.2) is 9.78 Å². The number of nitrogens with zero attached hydrogens (tertiary/aromatic N) is 3. The summed E-state index contributed by atoms with van der Waals surface area (Å²) in [6, 6.07) is 23.8. The van der Waals surface area contributed by atoms with Crippen LogP contribution in [0.2, 0.25) is 0 Å². The lowest BCUT2D eigenvalue weighted by molar-refractivity contribution is 0.0526. The summed E-state index contributed by atoms with van der Waals surface area (Å²) in [5.74, 6) is 0.997. The Kier molecular flexibility index (Phi) is 6.54. The number of hydrogen-bond acceptors (Lipinski definition) is 4. The van der Waals surface area contributed by atoms with Crippen molar-refractivity contribution in [3.63, 3.8) is 0 Å². The first-order valence-corrected chi connectivity index (χ1v) is 11.1. The average Bonchev–Trinajstić information content (AvgIpc) is 3.17. The number of esters is 1. The maximum atomic E-state index is 12.2. The normalized spacial score (nSPS) is 11.8. The van der Waals surface area contributed by atoms with Gasteiger partial charge >= 0.3 is 5.97 Å². The van der Waals surface area contributed by atoms with Crippen molar-refractivity contribution < 1.29 is 9.53 Å². The molecule has 3 aromatic carbocycles. The van der Waals surface area contributed by atoms with Gasteiger partial charge in [-0.1, -0.05) is 54.6 Å². The zero-order chi connectivity index (χ0) is 23.4. The molecular weight excluding hydrogens is 412 g/mol. The largest absolute Gasteiger partial charge is 0.462 e. The van der Waals surface area contributed by atoms with Crippen LogP contribution in [0.4, 0.5) is 0 Å². The minimum Gasteiger partial charge on any atom is -0.462 e. The predicted octanol–water partition coefficient (Wildman–Crippen LogP) is 5.04. The standard InChI is InChI=1S/C27H28N4O2/c1-4-33-27(32)22-14-15-24-23(16-22)30-26(31(24)17-19-8-6-5-7-9-19)21-12-10-20(11-13-21)25(28)29-18(2)3/h5-16,18H,4,17H2,1-3H3,(H2,28,29). The smallest absolute Gasteiger partial charge is 0.338 e. The minimum atomic E-state index is -0.345. The van der Waals surface area contributed by atoms with E-state index < -0.39 is 0 Å². The van der Waals surface area contributed by atoms with Crippen molar-refractivity contribution in [1.82, 2.24) is 9.55 Å². The van der Waals surface area contributed by atoms with E-state index in [2.05, 4.69) is 21.7 Å². The fourth-order valence-electron chi connectivity index (χ4n) is 3.76. The number of fused-ring (bicyclic) bond motifs is 1. The molecule has 0 atom stereocenters. The molecule has 33 heavy (non-hydrogen) atoms. The molecule has 2 N–H and O–H groups in total. The number of hydrogen-bond donors (Lipinski definition) is 1. The molecule has 0 bridgehead atoms. The van der Waals surface area contributed by atoms with Crippen LogP contribution in [0.25, 0.3) is 22.4 Å². The van der Waals surface area contributed by atoms with Crippen LogP contribution in [-0.2, 0) is 11.3 Å². The van der Waals surface area contributed by atoms with Gasteiger partial charge in [0.05, 0.1) is 23.2 Å². The summed E-state index contributed by atoms with van der Waals surface area (Å²) in [6.07, 6.45) is 0. The highest BCUT2D eigenvalue weighted by atomic mass is 16.5. The number of ether oxygens (including phenoxy) is 1. The Balaban J connectivity index is 1.80. The molecule has 4 aromatic rings. The molecule has 6 heteroatoms. The zero-order valence-electron chi connectivity index (χ0n) is 19.2. The van der Waals surface area contributed by atoms with E-state index in [4.69, 9.17) is 15.5 Å². The second kappa shape index (κ2) is 9.69. The highest BCUT2D eigenvalue weighted by Crippen LogP contribution is 2.27. The lowest BCUT2D eigenvalue weighted by Crippen LogP contribution is -2.15. The summed E-state index contributed by atoms with van der Waals surface area (Å²) in [5, 5.41) is 0. The Bertz CT molecular complexity index is 1290. The van der Waals surface area contributed by atoms with Crippen molar-refractivity contribution in [1.29, 1.82) is 0 Å². The summed E-state index contributed by atoms with van der Waals surface area (Å²) in [4.78, 5) is 21.6. The van der Waals surface area contributed by atoms with Crippen LogP contribution in [0.1, 0.15) is 42.3 Å². The Hall–Kier alpha value is -3.93. The number of carbonyl (C=O) groups excluding carboxylic acids is 1. The molecule has 0 spiro atoms. The topological polar surface area (TPSA) is 82.5 Å². The SMILES string of the molecule is CCOC(=O)c1ccc2c(c1)nc(-c1ccc(C(N)=NC(C)C)cc1)n2Cc1ccccc1. The van der Waals surface area contributed by atoms with E-state index in [0.29, 0.717) is 24.6 Å². The number of aliphatic imine (C=N–C) groups is 1. The van der Waals surface area contributed by atoms with Crippen LogP contribution in [0.15, 0.2) is 77.8 Å². The second-order valence-corrected chi connectivity index (χ2v) is 8.12. The lowest BCUT2D eigenvalue weighted by atomic mass is 10.1. The molecule has 0 saturated heterocycles. The first-order chi connectivity index (χ1) is 16.0. The Morgan fingerprint density at radius 1 is 1.03 bits per heavy atom. The zero-order valence-corrected chi connectivity index (χ0v) is 19.2. The molecule has 6 nitrogen and oxygen atoms in total. The molecule has 0 radical (unpaired) electrons. The van der Waals surface area contributed by atoms with Gasteiger partial charge in [0.1, 0.15) is 11.7 Å². The van der Waals surface area contributed by atoms with Crippen molar-refractivity contribution in [3.05, 3.63) is 89.5 Å². The number of carbonyl (C=O) groups is 1. The molecular formula is C27H28N4O2.